The molecule has 0 atom stereocenters. The zero-order valence-electron chi connectivity index (χ0n) is 74.0. The van der Waals surface area contributed by atoms with Crippen LogP contribution in [0.3, 0.4) is 0 Å². The smallest absolute Gasteiger partial charge is 0.0450 e. The van der Waals surface area contributed by atoms with E-state index in [4.69, 9.17) is 0 Å². The summed E-state index contributed by atoms with van der Waals surface area (Å²) in [5.41, 5.74) is 40.9. The predicted molar refractivity (Wildman–Crippen MR) is 553 cm³/mol. The highest BCUT2D eigenvalue weighted by Gasteiger charge is 2.36. The molecule has 3 heterocycles. The highest BCUT2D eigenvalue weighted by Crippen LogP contribution is 2.56. The van der Waals surface area contributed by atoms with Gasteiger partial charge in [-0.05, 0) is 289 Å². The summed E-state index contributed by atoms with van der Waals surface area (Å²) in [7, 11) is 6.61. The maximum absolute atomic E-state index is 2.47. The molecule has 0 bridgehead atoms. The van der Waals surface area contributed by atoms with Crippen LogP contribution in [0, 0.1) is 20.8 Å². The van der Waals surface area contributed by atoms with Crippen molar-refractivity contribution in [3.8, 4) is 77.9 Å². The minimum Gasteiger partial charge on any atom is -0.344 e. The summed E-state index contributed by atoms with van der Waals surface area (Å²) in [6, 6.07) is 147. The van der Waals surface area contributed by atoms with Gasteiger partial charge in [-0.3, -0.25) is 0 Å². The van der Waals surface area contributed by atoms with Crippen molar-refractivity contribution in [3.05, 3.63) is 456 Å². The van der Waals surface area contributed by atoms with Gasteiger partial charge in [0.05, 0.1) is 0 Å². The molecule has 0 N–H and O–H groups in total. The number of fused-ring (bicyclic) bond motifs is 19. The normalized spacial score (nSPS) is 13.2. The van der Waals surface area contributed by atoms with Crippen molar-refractivity contribution < 1.29 is 0 Å². The van der Waals surface area contributed by atoms with Crippen molar-refractivity contribution in [2.24, 2.45) is 0 Å². The van der Waals surface area contributed by atoms with E-state index in [9.17, 15) is 0 Å². The number of para-hydroxylation sites is 3. The molecule has 22 aromatic rings. The number of nitrogens with zero attached hydrogens (tertiary/aromatic N) is 3. The van der Waals surface area contributed by atoms with E-state index >= 15 is 0 Å². The van der Waals surface area contributed by atoms with Gasteiger partial charge in [0.25, 0.3) is 0 Å². The van der Waals surface area contributed by atoms with Gasteiger partial charge in [-0.25, -0.2) is 0 Å². The van der Waals surface area contributed by atoms with Gasteiger partial charge in [-0.1, -0.05) is 376 Å². The first kappa shape index (κ1) is 77.2. The Morgan fingerprint density at radius 3 is 0.969 bits per heavy atom. The van der Waals surface area contributed by atoms with Gasteiger partial charge in [0.15, 0.2) is 0 Å². The third-order valence-corrected chi connectivity index (χ3v) is 28.9. The molecule has 3 heteroatoms. The molecule has 0 aromatic heterocycles. The summed E-state index contributed by atoms with van der Waals surface area (Å²) in [4.78, 5) is 7.09. The molecule has 0 amide bonds. The average molecular weight is 1650 g/mol. The van der Waals surface area contributed by atoms with Crippen LogP contribution in [0.4, 0.5) is 34.1 Å². The zero-order chi connectivity index (χ0) is 86.6. The van der Waals surface area contributed by atoms with Crippen LogP contribution in [-0.2, 0) is 24.7 Å². The van der Waals surface area contributed by atoms with Crippen LogP contribution in [0.2, 0.25) is 0 Å². The highest BCUT2D eigenvalue weighted by molar-refractivity contribution is 6.28. The Labute approximate surface area is 754 Å². The summed E-state index contributed by atoms with van der Waals surface area (Å²) < 4.78 is 0. The number of hydrogen-bond acceptors (Lipinski definition) is 3. The molecule has 3 nitrogen and oxygen atoms in total. The standard InChI is InChI=1S/C44H35N.C43H31N.C39H29N/c1-27-17-21-36-37(23-27)43(31-19-18-29-24-28-11-5-10-16-40(28)45(4)41(29)26-31)35-14-7-6-13-34(35)42(36)30-20-22-33-32-12-8-9-15-38(32)44(2,3)39(33)25-30;1-27-19-22-37-38(23-27)42(31-21-20-30-24-29-12-4-10-18-40(29)44(2)41(30)26-31)35-16-8-9-17-36(35)43(37)39-25-28-11-3-5-13-32(28)33-14-6-7-15-34(33)39;1-25-18-21-34-35(22-25)38(29-20-19-28-23-27-11-4-8-17-36(27)40(2)37(28)24-29)32-14-6-7-15-33(32)39(34)31-16-9-12-26-10-3-5-13-30(26)31/h5-23,25-26H,24H2,1-4H3;3-23,25-26H,24H2,1-2H3;3-22,24H,23H2,1-2H3. The second-order valence-corrected chi connectivity index (χ2v) is 36.8. The van der Waals surface area contributed by atoms with Crippen molar-refractivity contribution in [2.75, 3.05) is 35.8 Å². The summed E-state index contributed by atoms with van der Waals surface area (Å²) in [5, 5.41) is 23.3. The lowest BCUT2D eigenvalue weighted by molar-refractivity contribution is 0.660. The van der Waals surface area contributed by atoms with E-state index in [0.717, 1.165) is 19.3 Å². The first-order chi connectivity index (χ1) is 63.2. The Hall–Kier alpha value is -15.4. The quantitative estimate of drug-likeness (QED) is 0.121. The first-order valence-electron chi connectivity index (χ1n) is 45.6. The van der Waals surface area contributed by atoms with E-state index in [2.05, 4.69) is 465 Å². The lowest BCUT2D eigenvalue weighted by Crippen LogP contribution is -2.18. The van der Waals surface area contributed by atoms with Crippen LogP contribution in [0.1, 0.15) is 75.0 Å². The molecule has 1 aliphatic carbocycles. The van der Waals surface area contributed by atoms with E-state index in [0.29, 0.717) is 0 Å². The lowest BCUT2D eigenvalue weighted by Gasteiger charge is -2.31. The van der Waals surface area contributed by atoms with Crippen LogP contribution < -0.4 is 14.7 Å². The second kappa shape index (κ2) is 30.4. The van der Waals surface area contributed by atoms with Gasteiger partial charge in [-0.2, -0.15) is 0 Å². The Kier molecular flexibility index (Phi) is 18.2. The number of rotatable bonds is 6. The van der Waals surface area contributed by atoms with E-state index in [1.54, 1.807) is 0 Å². The molecular formula is C126H95N3. The van der Waals surface area contributed by atoms with Crippen LogP contribution in [0.15, 0.2) is 394 Å². The summed E-state index contributed by atoms with van der Waals surface area (Å²) >= 11 is 0. The molecule has 4 aliphatic rings. The monoisotopic (exact) mass is 1650 g/mol. The molecule has 614 valence electrons. The maximum Gasteiger partial charge on any atom is 0.0450 e. The largest absolute Gasteiger partial charge is 0.344 e. The maximum atomic E-state index is 2.47. The fourth-order valence-corrected chi connectivity index (χ4v) is 22.8. The van der Waals surface area contributed by atoms with Gasteiger partial charge in [0, 0.05) is 79.9 Å². The van der Waals surface area contributed by atoms with Gasteiger partial charge >= 0.3 is 0 Å². The van der Waals surface area contributed by atoms with E-state index in [1.807, 2.05) is 0 Å². The zero-order valence-corrected chi connectivity index (χ0v) is 74.0. The van der Waals surface area contributed by atoms with Gasteiger partial charge in [0.1, 0.15) is 0 Å². The molecule has 0 unspecified atom stereocenters. The summed E-state index contributed by atoms with van der Waals surface area (Å²) in [6.07, 6.45) is 2.90. The van der Waals surface area contributed by atoms with Gasteiger partial charge in [0.2, 0.25) is 0 Å². The van der Waals surface area contributed by atoms with E-state index in [-0.39, 0.29) is 5.41 Å². The van der Waals surface area contributed by atoms with E-state index in [1.165, 1.54) is 270 Å². The Balaban J connectivity index is 0.000000108. The number of anilines is 6. The molecule has 0 radical (unpaired) electrons. The predicted octanol–water partition coefficient (Wildman–Crippen LogP) is 33.7. The molecule has 3 aliphatic heterocycles. The Morgan fingerprint density at radius 1 is 0.186 bits per heavy atom. The van der Waals surface area contributed by atoms with Crippen LogP contribution in [0.5, 0.6) is 0 Å². The lowest BCUT2D eigenvalue weighted by atomic mass is 9.80. The number of hydrogen-bond donors (Lipinski definition) is 0. The topological polar surface area (TPSA) is 9.72 Å². The number of benzene rings is 22. The van der Waals surface area contributed by atoms with Crippen molar-refractivity contribution in [2.45, 2.75) is 59.3 Å². The Morgan fingerprint density at radius 2 is 0.496 bits per heavy atom. The molecule has 0 fully saturated rings. The van der Waals surface area contributed by atoms with E-state index < -0.39 is 0 Å². The summed E-state index contributed by atoms with van der Waals surface area (Å²) in [5.74, 6) is 0. The molecule has 22 aromatic carbocycles. The number of aryl methyl sites for hydroxylation is 3. The molecule has 0 saturated carbocycles. The SMILES string of the molecule is Cc1ccc2c(-c3cc4ccccc4c4ccccc34)c3ccccc3c(-c3ccc4c(c3)N(C)c3ccccc3C4)c2c1.Cc1ccc2c(-c3ccc4c(c3)C(C)(C)c3ccccc3-4)c3ccccc3c(-c3ccc4c(c3)N(C)c3ccccc3C4)c2c1.Cc1ccc2c(-c3cccc4ccccc34)c3ccccc3c(-c3ccc4c(c3)N(C)c3ccccc3C4)c2c1. The second-order valence-electron chi connectivity index (χ2n) is 36.8. The van der Waals surface area contributed by atoms with Gasteiger partial charge in [-0.15, -0.1) is 0 Å². The van der Waals surface area contributed by atoms with Crippen molar-refractivity contribution >= 4 is 131 Å². The summed E-state index contributed by atoms with van der Waals surface area (Å²) in [6.45, 7) is 11.4. The molecule has 129 heavy (non-hydrogen) atoms. The molecule has 0 spiro atoms. The van der Waals surface area contributed by atoms with Crippen LogP contribution >= 0.6 is 0 Å². The third kappa shape index (κ3) is 12.5. The average Bonchev–Trinajstić information content (AvgIpc) is 1.52. The van der Waals surface area contributed by atoms with Gasteiger partial charge < -0.3 is 14.7 Å². The minimum atomic E-state index is -0.0438. The fourth-order valence-electron chi connectivity index (χ4n) is 22.8. The molecule has 0 saturated heterocycles. The Bertz CT molecular complexity index is 8480. The fraction of sp³-hybridized carbons (Fsp3) is 0.0952. The third-order valence-electron chi connectivity index (χ3n) is 28.9. The van der Waals surface area contributed by atoms with Crippen molar-refractivity contribution in [3.63, 3.8) is 0 Å². The van der Waals surface area contributed by atoms with Crippen LogP contribution in [-0.4, -0.2) is 21.1 Å². The van der Waals surface area contributed by atoms with Crippen molar-refractivity contribution in [1.29, 1.82) is 0 Å². The highest BCUT2D eigenvalue weighted by atomic mass is 15.1. The molecular weight excluding hydrogens is 1560 g/mol. The minimum absolute atomic E-state index is 0.0438. The molecule has 26 rings (SSSR count). The van der Waals surface area contributed by atoms with Crippen LogP contribution in [0.25, 0.3) is 175 Å². The van der Waals surface area contributed by atoms with Crippen molar-refractivity contribution in [1.82, 2.24) is 0 Å². The first-order valence-corrected chi connectivity index (χ1v) is 45.6.